The van der Waals surface area contributed by atoms with E-state index in [0.29, 0.717) is 36.0 Å². The molecule has 0 radical (unpaired) electrons. The summed E-state index contributed by atoms with van der Waals surface area (Å²) in [5.41, 5.74) is 0.140. The molecule has 0 aliphatic heterocycles. The lowest BCUT2D eigenvalue weighted by atomic mass is 9.63. The summed E-state index contributed by atoms with van der Waals surface area (Å²) in [4.78, 5) is 22.4. The van der Waals surface area contributed by atoms with Crippen molar-refractivity contribution in [1.82, 2.24) is 0 Å². The second-order valence-electron chi connectivity index (χ2n) is 4.31. The van der Waals surface area contributed by atoms with E-state index < -0.39 is 11.4 Å². The molecule has 0 atom stereocenters. The average molecular weight is 234 g/mol. The lowest BCUT2D eigenvalue weighted by Crippen LogP contribution is -2.43. The Bertz CT molecular complexity index is 460. The maximum absolute atomic E-state index is 11.4. The quantitative estimate of drug-likeness (QED) is 0.809. The SMILES string of the molecule is COc1ccc(C2(C(=O)O)CCC2)c(C=O)c1. The molecule has 1 aromatic rings. The van der Waals surface area contributed by atoms with E-state index in [9.17, 15) is 14.7 Å². The molecule has 0 amide bonds. The molecule has 4 heteroatoms. The third kappa shape index (κ3) is 1.69. The summed E-state index contributed by atoms with van der Waals surface area (Å²) in [7, 11) is 1.51. The first-order valence-corrected chi connectivity index (χ1v) is 5.51. The Morgan fingerprint density at radius 2 is 2.18 bits per heavy atom. The van der Waals surface area contributed by atoms with Gasteiger partial charge >= 0.3 is 5.97 Å². The summed E-state index contributed by atoms with van der Waals surface area (Å²) in [6.07, 6.45) is 2.77. The minimum Gasteiger partial charge on any atom is -0.497 e. The molecule has 0 saturated heterocycles. The number of hydrogen-bond acceptors (Lipinski definition) is 3. The molecular weight excluding hydrogens is 220 g/mol. The van der Waals surface area contributed by atoms with Crippen LogP contribution >= 0.6 is 0 Å². The maximum Gasteiger partial charge on any atom is 0.314 e. The normalized spacial score (nSPS) is 17.0. The summed E-state index contributed by atoms with van der Waals surface area (Å²) in [5.74, 6) is -0.285. The van der Waals surface area contributed by atoms with Gasteiger partial charge in [0.15, 0.2) is 6.29 Å². The molecule has 1 aromatic carbocycles. The number of aliphatic carboxylic acids is 1. The average Bonchev–Trinajstić information content (AvgIpc) is 2.27. The van der Waals surface area contributed by atoms with Crippen LogP contribution < -0.4 is 4.74 Å². The van der Waals surface area contributed by atoms with Crippen molar-refractivity contribution in [2.45, 2.75) is 24.7 Å². The Balaban J connectivity index is 2.51. The van der Waals surface area contributed by atoms with Gasteiger partial charge in [-0.25, -0.2) is 0 Å². The van der Waals surface area contributed by atoms with Gasteiger partial charge in [0.1, 0.15) is 5.75 Å². The molecule has 90 valence electrons. The van der Waals surface area contributed by atoms with Crippen molar-refractivity contribution in [3.63, 3.8) is 0 Å². The van der Waals surface area contributed by atoms with E-state index in [1.54, 1.807) is 18.2 Å². The number of methoxy groups -OCH3 is 1. The minimum atomic E-state index is -0.873. The molecule has 0 spiro atoms. The molecule has 1 aliphatic carbocycles. The van der Waals surface area contributed by atoms with Crippen LogP contribution in [0, 0.1) is 0 Å². The number of carbonyl (C=O) groups is 2. The van der Waals surface area contributed by atoms with Crippen LogP contribution in [0.4, 0.5) is 0 Å². The van der Waals surface area contributed by atoms with E-state index in [1.165, 1.54) is 7.11 Å². The largest absolute Gasteiger partial charge is 0.497 e. The standard InChI is InChI=1S/C13H14O4/c1-17-10-3-4-11(9(7-10)8-14)13(12(15)16)5-2-6-13/h3-4,7-8H,2,5-6H2,1H3,(H,15,16). The van der Waals surface area contributed by atoms with Crippen molar-refractivity contribution in [1.29, 1.82) is 0 Å². The molecule has 17 heavy (non-hydrogen) atoms. The fourth-order valence-corrected chi connectivity index (χ4v) is 2.33. The fourth-order valence-electron chi connectivity index (χ4n) is 2.33. The zero-order valence-electron chi connectivity index (χ0n) is 9.60. The van der Waals surface area contributed by atoms with Gasteiger partial charge in [0.2, 0.25) is 0 Å². The number of carbonyl (C=O) groups excluding carboxylic acids is 1. The highest BCUT2D eigenvalue weighted by Gasteiger charge is 2.47. The molecular formula is C13H14O4. The highest BCUT2D eigenvalue weighted by atomic mass is 16.5. The van der Waals surface area contributed by atoms with Gasteiger partial charge in [0.05, 0.1) is 12.5 Å². The van der Waals surface area contributed by atoms with E-state index in [0.717, 1.165) is 6.42 Å². The van der Waals surface area contributed by atoms with Gasteiger partial charge in [-0.15, -0.1) is 0 Å². The van der Waals surface area contributed by atoms with Crippen LogP contribution in [0.2, 0.25) is 0 Å². The topological polar surface area (TPSA) is 63.6 Å². The van der Waals surface area contributed by atoms with Crippen molar-refractivity contribution in [2.24, 2.45) is 0 Å². The summed E-state index contributed by atoms with van der Waals surface area (Å²) < 4.78 is 5.03. The Morgan fingerprint density at radius 3 is 2.59 bits per heavy atom. The Hall–Kier alpha value is -1.84. The Labute approximate surface area is 99.2 Å². The summed E-state index contributed by atoms with van der Waals surface area (Å²) in [6, 6.07) is 4.98. The summed E-state index contributed by atoms with van der Waals surface area (Å²) >= 11 is 0. The predicted molar refractivity (Wildman–Crippen MR) is 61.5 cm³/mol. The van der Waals surface area contributed by atoms with Crippen molar-refractivity contribution in [3.05, 3.63) is 29.3 Å². The lowest BCUT2D eigenvalue weighted by Gasteiger charge is -2.38. The van der Waals surface area contributed by atoms with Gasteiger partial charge < -0.3 is 9.84 Å². The van der Waals surface area contributed by atoms with E-state index in [-0.39, 0.29) is 0 Å². The van der Waals surface area contributed by atoms with Gasteiger partial charge in [-0.3, -0.25) is 9.59 Å². The second-order valence-corrected chi connectivity index (χ2v) is 4.31. The fraction of sp³-hybridized carbons (Fsp3) is 0.385. The van der Waals surface area contributed by atoms with E-state index >= 15 is 0 Å². The first kappa shape index (κ1) is 11.6. The Morgan fingerprint density at radius 1 is 1.47 bits per heavy atom. The van der Waals surface area contributed by atoms with Gasteiger partial charge in [0.25, 0.3) is 0 Å². The molecule has 4 nitrogen and oxygen atoms in total. The monoisotopic (exact) mass is 234 g/mol. The number of carboxylic acid groups (broad SMARTS) is 1. The zero-order chi connectivity index (χ0) is 12.5. The first-order valence-electron chi connectivity index (χ1n) is 5.51. The molecule has 1 N–H and O–H groups in total. The predicted octanol–water partition coefficient (Wildman–Crippen LogP) is 2.01. The molecule has 1 aliphatic rings. The second kappa shape index (κ2) is 4.20. The minimum absolute atomic E-state index is 0.409. The van der Waals surface area contributed by atoms with Gasteiger partial charge in [-0.05, 0) is 30.5 Å². The van der Waals surface area contributed by atoms with E-state index in [2.05, 4.69) is 0 Å². The van der Waals surface area contributed by atoms with Crippen molar-refractivity contribution >= 4 is 12.3 Å². The summed E-state index contributed by atoms with van der Waals surface area (Å²) in [5, 5.41) is 9.34. The van der Waals surface area contributed by atoms with Crippen LogP contribution in [0.1, 0.15) is 35.2 Å². The number of ether oxygens (including phenoxy) is 1. The summed E-state index contributed by atoms with van der Waals surface area (Å²) in [6.45, 7) is 0. The lowest BCUT2D eigenvalue weighted by molar-refractivity contribution is -0.147. The van der Waals surface area contributed by atoms with Crippen LogP contribution in [0.15, 0.2) is 18.2 Å². The van der Waals surface area contributed by atoms with Crippen LogP contribution in [-0.2, 0) is 10.2 Å². The smallest absolute Gasteiger partial charge is 0.314 e. The third-order valence-electron chi connectivity index (χ3n) is 3.52. The molecule has 0 unspecified atom stereocenters. The molecule has 1 saturated carbocycles. The number of benzene rings is 1. The van der Waals surface area contributed by atoms with Gasteiger partial charge in [-0.2, -0.15) is 0 Å². The molecule has 0 aromatic heterocycles. The van der Waals surface area contributed by atoms with Crippen molar-refractivity contribution < 1.29 is 19.4 Å². The Kier molecular flexibility index (Phi) is 2.88. The van der Waals surface area contributed by atoms with Gasteiger partial charge in [0, 0.05) is 5.56 Å². The first-order chi connectivity index (χ1) is 8.14. The maximum atomic E-state index is 11.4. The number of aldehydes is 1. The molecule has 1 fully saturated rings. The van der Waals surface area contributed by atoms with Crippen molar-refractivity contribution in [2.75, 3.05) is 7.11 Å². The van der Waals surface area contributed by atoms with Gasteiger partial charge in [-0.1, -0.05) is 12.5 Å². The van der Waals surface area contributed by atoms with Crippen LogP contribution in [-0.4, -0.2) is 24.5 Å². The van der Waals surface area contributed by atoms with Crippen LogP contribution in [0.3, 0.4) is 0 Å². The van der Waals surface area contributed by atoms with Crippen LogP contribution in [0.25, 0.3) is 0 Å². The number of rotatable bonds is 4. The number of carboxylic acids is 1. The number of hydrogen-bond donors (Lipinski definition) is 1. The highest BCUT2D eigenvalue weighted by Crippen LogP contribution is 2.45. The highest BCUT2D eigenvalue weighted by molar-refractivity contribution is 5.88. The van der Waals surface area contributed by atoms with E-state index in [4.69, 9.17) is 4.74 Å². The zero-order valence-corrected chi connectivity index (χ0v) is 9.60. The van der Waals surface area contributed by atoms with Crippen LogP contribution in [0.5, 0.6) is 5.75 Å². The molecule has 2 rings (SSSR count). The molecule has 0 heterocycles. The third-order valence-corrected chi connectivity index (χ3v) is 3.52. The van der Waals surface area contributed by atoms with Crippen molar-refractivity contribution in [3.8, 4) is 5.75 Å². The molecule has 0 bridgehead atoms. The van der Waals surface area contributed by atoms with E-state index in [1.807, 2.05) is 0 Å².